The minimum absolute atomic E-state index is 0.0771. The van der Waals surface area contributed by atoms with Gasteiger partial charge in [0.05, 0.1) is 23.7 Å². The van der Waals surface area contributed by atoms with Gasteiger partial charge in [0.2, 0.25) is 0 Å². The zero-order valence-electron chi connectivity index (χ0n) is 21.8. The largest absolute Gasteiger partial charge is 0.485 e. The summed E-state index contributed by atoms with van der Waals surface area (Å²) in [7, 11) is 1.88. The first-order chi connectivity index (χ1) is 19.4. The molecule has 0 radical (unpaired) electrons. The summed E-state index contributed by atoms with van der Waals surface area (Å²) in [5.41, 5.74) is 2.87. The molecule has 3 heterocycles. The number of alkyl halides is 2. The number of ether oxygens (including phenoxy) is 3. The smallest absolute Gasteiger partial charge is 0.387 e. The molecular weight excluding hydrogens is 521 g/mol. The van der Waals surface area contributed by atoms with E-state index in [-0.39, 0.29) is 23.8 Å². The molecule has 0 amide bonds. The molecule has 7 nitrogen and oxygen atoms in total. The van der Waals surface area contributed by atoms with E-state index in [0.29, 0.717) is 29.1 Å². The highest BCUT2D eigenvalue weighted by molar-refractivity contribution is 5.82. The number of fused-ring (bicyclic) bond motifs is 2. The standard InChI is InChI=1S/C30H27F3N4O3/c1-36-23-5-3-6-24(40-30(32)33)28(23)35-27(36)16-37-12-10-19(11-13-37)20-4-2-7-25-29(20)38-17-26(39-25)21-9-8-18(15-34)14-22(21)31/h2-9,14,19,26,30H,10-13,16-17H2,1H3/t26-/m0/s1. The van der Waals surface area contributed by atoms with E-state index in [4.69, 9.17) is 14.7 Å². The number of hydrogen-bond donors (Lipinski definition) is 0. The fourth-order valence-corrected chi connectivity index (χ4v) is 5.63. The highest BCUT2D eigenvalue weighted by atomic mass is 19.3. The Kier molecular flexibility index (Phi) is 6.98. The highest BCUT2D eigenvalue weighted by Crippen LogP contribution is 2.44. The van der Waals surface area contributed by atoms with Crippen LogP contribution in [0.2, 0.25) is 0 Å². The van der Waals surface area contributed by atoms with Crippen molar-refractivity contribution in [3.8, 4) is 23.3 Å². The number of para-hydroxylation sites is 2. The maximum absolute atomic E-state index is 14.6. The van der Waals surface area contributed by atoms with Crippen LogP contribution in [0.5, 0.6) is 17.2 Å². The minimum atomic E-state index is -2.91. The SMILES string of the molecule is Cn1c(CN2CCC(c3cccc4c3OC[C@@H](c3ccc(C#N)cc3F)O4)CC2)nc2c(OC(F)F)cccc21. The van der Waals surface area contributed by atoms with Crippen molar-refractivity contribution in [1.29, 1.82) is 5.26 Å². The molecule has 1 aromatic heterocycles. The summed E-state index contributed by atoms with van der Waals surface area (Å²) in [6, 6.07) is 17.2. The van der Waals surface area contributed by atoms with Gasteiger partial charge in [-0.2, -0.15) is 14.0 Å². The van der Waals surface area contributed by atoms with Crippen LogP contribution in [0, 0.1) is 17.1 Å². The van der Waals surface area contributed by atoms with Crippen molar-refractivity contribution in [1.82, 2.24) is 14.5 Å². The fourth-order valence-electron chi connectivity index (χ4n) is 5.63. The maximum Gasteiger partial charge on any atom is 0.387 e. The van der Waals surface area contributed by atoms with Crippen molar-refractivity contribution in [3.05, 3.63) is 82.9 Å². The van der Waals surface area contributed by atoms with Gasteiger partial charge in [0, 0.05) is 18.2 Å². The molecule has 1 saturated heterocycles. The summed E-state index contributed by atoms with van der Waals surface area (Å²) < 4.78 is 59.2. The Morgan fingerprint density at radius 2 is 1.90 bits per heavy atom. The van der Waals surface area contributed by atoms with Gasteiger partial charge in [-0.05, 0) is 62.2 Å². The van der Waals surface area contributed by atoms with Gasteiger partial charge in [-0.1, -0.05) is 24.3 Å². The molecular formula is C30H27F3N4O3. The Hall–Kier alpha value is -4.23. The molecule has 1 atom stereocenters. The van der Waals surface area contributed by atoms with Crippen LogP contribution in [0.25, 0.3) is 11.0 Å². The van der Waals surface area contributed by atoms with Gasteiger partial charge in [-0.3, -0.25) is 4.90 Å². The predicted molar refractivity (Wildman–Crippen MR) is 141 cm³/mol. The Labute approximate surface area is 229 Å². The van der Waals surface area contributed by atoms with Crippen LogP contribution in [0.1, 0.15) is 47.4 Å². The molecule has 0 spiro atoms. The summed E-state index contributed by atoms with van der Waals surface area (Å²) >= 11 is 0. The molecule has 0 bridgehead atoms. The van der Waals surface area contributed by atoms with E-state index >= 15 is 0 Å². The topological polar surface area (TPSA) is 72.5 Å². The van der Waals surface area contributed by atoms with Gasteiger partial charge in [0.25, 0.3) is 0 Å². The van der Waals surface area contributed by atoms with Gasteiger partial charge in [-0.25, -0.2) is 9.37 Å². The van der Waals surface area contributed by atoms with E-state index in [9.17, 15) is 13.2 Å². The number of piperidine rings is 1. The second-order valence-corrected chi connectivity index (χ2v) is 10.1. The number of aromatic nitrogens is 2. The minimum Gasteiger partial charge on any atom is -0.485 e. The Morgan fingerprint density at radius 3 is 2.65 bits per heavy atom. The maximum atomic E-state index is 14.6. The molecule has 2 aliphatic heterocycles. The zero-order valence-corrected chi connectivity index (χ0v) is 21.8. The average molecular weight is 549 g/mol. The normalized spacial score (nSPS) is 17.8. The number of benzene rings is 3. The van der Waals surface area contributed by atoms with Crippen LogP contribution in [0.15, 0.2) is 54.6 Å². The first-order valence-corrected chi connectivity index (χ1v) is 13.1. The molecule has 40 heavy (non-hydrogen) atoms. The highest BCUT2D eigenvalue weighted by Gasteiger charge is 2.31. The van der Waals surface area contributed by atoms with Crippen molar-refractivity contribution < 1.29 is 27.4 Å². The Morgan fingerprint density at radius 1 is 1.10 bits per heavy atom. The number of rotatable bonds is 6. The number of imidazole rings is 1. The van der Waals surface area contributed by atoms with E-state index in [1.165, 1.54) is 12.1 Å². The summed E-state index contributed by atoms with van der Waals surface area (Å²) in [5, 5.41) is 9.01. The Balaban J connectivity index is 1.13. The quantitative estimate of drug-likeness (QED) is 0.291. The van der Waals surface area contributed by atoms with Gasteiger partial charge in [-0.15, -0.1) is 0 Å². The van der Waals surface area contributed by atoms with Crippen LogP contribution in [0.3, 0.4) is 0 Å². The summed E-state index contributed by atoms with van der Waals surface area (Å²) in [5.74, 6) is 1.93. The van der Waals surface area contributed by atoms with Crippen molar-refractivity contribution in [3.63, 3.8) is 0 Å². The average Bonchev–Trinajstić information content (AvgIpc) is 3.28. The van der Waals surface area contributed by atoms with Crippen LogP contribution in [-0.4, -0.2) is 40.8 Å². The van der Waals surface area contributed by atoms with E-state index < -0.39 is 18.5 Å². The number of halogens is 3. The number of hydrogen-bond acceptors (Lipinski definition) is 6. The molecule has 0 N–H and O–H groups in total. The number of nitrogens with zero attached hydrogens (tertiary/aromatic N) is 4. The van der Waals surface area contributed by atoms with Gasteiger partial charge < -0.3 is 18.8 Å². The van der Waals surface area contributed by atoms with Crippen LogP contribution >= 0.6 is 0 Å². The van der Waals surface area contributed by atoms with E-state index in [1.807, 2.05) is 35.9 Å². The molecule has 4 aromatic rings. The monoisotopic (exact) mass is 548 g/mol. The molecule has 0 saturated carbocycles. The summed E-state index contributed by atoms with van der Waals surface area (Å²) in [4.78, 5) is 6.93. The lowest BCUT2D eigenvalue weighted by Crippen LogP contribution is -2.33. The number of likely N-dealkylation sites (tertiary alicyclic amines) is 1. The van der Waals surface area contributed by atoms with E-state index in [2.05, 4.69) is 20.7 Å². The second-order valence-electron chi connectivity index (χ2n) is 10.1. The molecule has 1 fully saturated rings. The lowest BCUT2D eigenvalue weighted by Gasteiger charge is -2.34. The third-order valence-electron chi connectivity index (χ3n) is 7.71. The lowest BCUT2D eigenvalue weighted by atomic mass is 9.88. The Bertz CT molecular complexity index is 1590. The molecule has 2 aliphatic rings. The first-order valence-electron chi connectivity index (χ1n) is 13.1. The van der Waals surface area contributed by atoms with Crippen LogP contribution < -0.4 is 14.2 Å². The van der Waals surface area contributed by atoms with Gasteiger partial charge in [0.1, 0.15) is 23.8 Å². The van der Waals surface area contributed by atoms with Crippen molar-refractivity contribution in [2.75, 3.05) is 19.7 Å². The number of nitriles is 1. The van der Waals surface area contributed by atoms with Crippen molar-refractivity contribution in [2.45, 2.75) is 38.0 Å². The van der Waals surface area contributed by atoms with Gasteiger partial charge >= 0.3 is 6.61 Å². The van der Waals surface area contributed by atoms with Crippen LogP contribution in [-0.2, 0) is 13.6 Å². The predicted octanol–water partition coefficient (Wildman–Crippen LogP) is 6.08. The van der Waals surface area contributed by atoms with Crippen molar-refractivity contribution >= 4 is 11.0 Å². The third-order valence-corrected chi connectivity index (χ3v) is 7.71. The van der Waals surface area contributed by atoms with Gasteiger partial charge in [0.15, 0.2) is 23.4 Å². The molecule has 10 heteroatoms. The summed E-state index contributed by atoms with van der Waals surface area (Å²) in [6.07, 6.45) is 1.20. The molecule has 206 valence electrons. The second kappa shape index (κ2) is 10.7. The summed E-state index contributed by atoms with van der Waals surface area (Å²) in [6.45, 7) is -0.474. The van der Waals surface area contributed by atoms with Crippen LogP contribution in [0.4, 0.5) is 13.2 Å². The molecule has 0 unspecified atom stereocenters. The van der Waals surface area contributed by atoms with Crippen molar-refractivity contribution in [2.24, 2.45) is 7.05 Å². The first kappa shape index (κ1) is 26.0. The molecule has 6 rings (SSSR count). The number of aryl methyl sites for hydroxylation is 1. The fraction of sp³-hybridized carbons (Fsp3) is 0.333. The van der Waals surface area contributed by atoms with E-state index in [1.54, 1.807) is 18.2 Å². The van der Waals surface area contributed by atoms with E-state index in [0.717, 1.165) is 42.8 Å². The molecule has 3 aromatic carbocycles. The third kappa shape index (κ3) is 4.93. The zero-order chi connectivity index (χ0) is 27.8. The molecule has 0 aliphatic carbocycles. The lowest BCUT2D eigenvalue weighted by molar-refractivity contribution is -0.0489.